The van der Waals surface area contributed by atoms with Crippen molar-refractivity contribution < 1.29 is 19.0 Å². The maximum atomic E-state index is 12.5. The molecule has 5 heteroatoms. The fourth-order valence-corrected chi connectivity index (χ4v) is 3.30. The third kappa shape index (κ3) is 3.99. The third-order valence-corrected chi connectivity index (χ3v) is 4.74. The zero-order valence-electron chi connectivity index (χ0n) is 14.7. The van der Waals surface area contributed by atoms with Gasteiger partial charge < -0.3 is 19.5 Å². The molecule has 0 bridgehead atoms. The molecule has 5 nitrogen and oxygen atoms in total. The van der Waals surface area contributed by atoms with Gasteiger partial charge in [0, 0.05) is 17.9 Å². The number of hydrogen-bond acceptors (Lipinski definition) is 4. The fraction of sp³-hybridized carbons (Fsp3) is 0.381. The molecular weight excluding hydrogens is 330 g/mol. The van der Waals surface area contributed by atoms with Crippen LogP contribution in [0, 0.1) is 0 Å². The number of rotatable bonds is 5. The van der Waals surface area contributed by atoms with Crippen molar-refractivity contribution in [2.24, 2.45) is 0 Å². The van der Waals surface area contributed by atoms with Crippen LogP contribution in [0.5, 0.6) is 11.5 Å². The van der Waals surface area contributed by atoms with Gasteiger partial charge in [0.25, 0.3) is 5.91 Å². The number of ether oxygens (including phenoxy) is 3. The van der Waals surface area contributed by atoms with Gasteiger partial charge in [-0.1, -0.05) is 0 Å². The largest absolute Gasteiger partial charge is 0.493 e. The van der Waals surface area contributed by atoms with Gasteiger partial charge in [0.15, 0.2) is 0 Å². The Hall–Kier alpha value is -2.53. The lowest BCUT2D eigenvalue weighted by Gasteiger charge is -2.17. The molecule has 2 aliphatic rings. The first-order chi connectivity index (χ1) is 12.8. The summed E-state index contributed by atoms with van der Waals surface area (Å²) in [5, 5.41) is 2.93. The quantitative estimate of drug-likeness (QED) is 0.888. The van der Waals surface area contributed by atoms with Gasteiger partial charge >= 0.3 is 0 Å². The first-order valence-corrected chi connectivity index (χ1v) is 9.19. The van der Waals surface area contributed by atoms with Crippen molar-refractivity contribution in [1.29, 1.82) is 0 Å². The highest BCUT2D eigenvalue weighted by molar-refractivity contribution is 6.04. The maximum Gasteiger partial charge on any atom is 0.255 e. The Labute approximate surface area is 153 Å². The summed E-state index contributed by atoms with van der Waals surface area (Å²) in [5.74, 6) is 1.55. The summed E-state index contributed by atoms with van der Waals surface area (Å²) in [6.07, 6.45) is 4.30. The van der Waals surface area contributed by atoms with Crippen LogP contribution in [0.1, 0.15) is 35.2 Å². The lowest BCUT2D eigenvalue weighted by molar-refractivity contribution is 0.0679. The molecule has 2 aromatic carbocycles. The second-order valence-corrected chi connectivity index (χ2v) is 6.70. The minimum absolute atomic E-state index is 0.119. The van der Waals surface area contributed by atoms with E-state index in [0.29, 0.717) is 12.2 Å². The number of aryl methyl sites for hydroxylation is 1. The van der Waals surface area contributed by atoms with E-state index in [1.54, 1.807) is 6.07 Å². The lowest BCUT2D eigenvalue weighted by atomic mass is 10.0. The van der Waals surface area contributed by atoms with E-state index in [-0.39, 0.29) is 12.0 Å². The van der Waals surface area contributed by atoms with Crippen molar-refractivity contribution in [2.75, 3.05) is 25.1 Å². The van der Waals surface area contributed by atoms with Crippen LogP contribution in [-0.4, -0.2) is 31.8 Å². The van der Waals surface area contributed by atoms with E-state index in [1.165, 1.54) is 0 Å². The maximum absolute atomic E-state index is 12.5. The highest BCUT2D eigenvalue weighted by Gasteiger charge is 2.16. The molecular formula is C21H23NO4. The second-order valence-electron chi connectivity index (χ2n) is 6.70. The Morgan fingerprint density at radius 1 is 1.12 bits per heavy atom. The van der Waals surface area contributed by atoms with Crippen molar-refractivity contribution in [2.45, 2.75) is 31.8 Å². The molecule has 4 rings (SSSR count). The Bertz CT molecular complexity index is 766. The SMILES string of the molecule is O=C(Nc1ccc(OCC2CCCO2)cc1)c1ccc2c(c1)CCCO2. The second kappa shape index (κ2) is 7.79. The first-order valence-electron chi connectivity index (χ1n) is 9.19. The van der Waals surface area contributed by atoms with E-state index in [4.69, 9.17) is 14.2 Å². The van der Waals surface area contributed by atoms with Gasteiger partial charge in [-0.2, -0.15) is 0 Å². The highest BCUT2D eigenvalue weighted by atomic mass is 16.5. The normalized spacial score (nSPS) is 18.7. The van der Waals surface area contributed by atoms with Gasteiger partial charge in [0.2, 0.25) is 0 Å². The van der Waals surface area contributed by atoms with Crippen molar-refractivity contribution in [3.63, 3.8) is 0 Å². The van der Waals surface area contributed by atoms with Crippen molar-refractivity contribution >= 4 is 11.6 Å². The summed E-state index contributed by atoms with van der Waals surface area (Å²) in [6, 6.07) is 13.0. The van der Waals surface area contributed by atoms with E-state index < -0.39 is 0 Å². The molecule has 0 spiro atoms. The molecule has 0 aliphatic carbocycles. The summed E-state index contributed by atoms with van der Waals surface area (Å²) >= 11 is 0. The number of anilines is 1. The molecule has 1 N–H and O–H groups in total. The number of hydrogen-bond donors (Lipinski definition) is 1. The average Bonchev–Trinajstić information content (AvgIpc) is 3.21. The minimum atomic E-state index is -0.119. The summed E-state index contributed by atoms with van der Waals surface area (Å²) in [5.41, 5.74) is 2.49. The van der Waals surface area contributed by atoms with Crippen molar-refractivity contribution in [1.82, 2.24) is 0 Å². The van der Waals surface area contributed by atoms with Crippen LogP contribution >= 0.6 is 0 Å². The number of benzene rings is 2. The van der Waals surface area contributed by atoms with Gasteiger partial charge in [-0.05, 0) is 73.7 Å². The molecule has 1 amide bonds. The van der Waals surface area contributed by atoms with Crippen LogP contribution in [0.25, 0.3) is 0 Å². The van der Waals surface area contributed by atoms with E-state index >= 15 is 0 Å². The van der Waals surface area contributed by atoms with Gasteiger partial charge in [-0.25, -0.2) is 0 Å². The summed E-state index contributed by atoms with van der Waals surface area (Å²) in [6.45, 7) is 2.15. The van der Waals surface area contributed by atoms with E-state index in [1.807, 2.05) is 36.4 Å². The van der Waals surface area contributed by atoms with Gasteiger partial charge in [0.1, 0.15) is 18.1 Å². The molecule has 2 heterocycles. The monoisotopic (exact) mass is 353 g/mol. The molecule has 26 heavy (non-hydrogen) atoms. The van der Waals surface area contributed by atoms with E-state index in [2.05, 4.69) is 5.32 Å². The van der Waals surface area contributed by atoms with Crippen molar-refractivity contribution in [3.8, 4) is 11.5 Å². The van der Waals surface area contributed by atoms with Crippen LogP contribution in [0.2, 0.25) is 0 Å². The lowest BCUT2D eigenvalue weighted by Crippen LogP contribution is -2.16. The number of fused-ring (bicyclic) bond motifs is 1. The summed E-state index contributed by atoms with van der Waals surface area (Å²) in [4.78, 5) is 12.5. The van der Waals surface area contributed by atoms with Crippen molar-refractivity contribution in [3.05, 3.63) is 53.6 Å². The van der Waals surface area contributed by atoms with Crippen LogP contribution in [0.4, 0.5) is 5.69 Å². The molecule has 1 saturated heterocycles. The zero-order valence-corrected chi connectivity index (χ0v) is 14.7. The number of amides is 1. The molecule has 2 aliphatic heterocycles. The Kier molecular flexibility index (Phi) is 5.07. The smallest absolute Gasteiger partial charge is 0.255 e. The molecule has 0 saturated carbocycles. The number of nitrogens with one attached hydrogen (secondary N) is 1. The van der Waals surface area contributed by atoms with Crippen LogP contribution in [-0.2, 0) is 11.2 Å². The summed E-state index contributed by atoms with van der Waals surface area (Å²) < 4.78 is 16.9. The van der Waals surface area contributed by atoms with E-state index in [0.717, 1.165) is 61.6 Å². The Balaban J connectivity index is 1.35. The third-order valence-electron chi connectivity index (χ3n) is 4.74. The Morgan fingerprint density at radius 3 is 2.81 bits per heavy atom. The van der Waals surface area contributed by atoms with Crippen LogP contribution in [0.15, 0.2) is 42.5 Å². The van der Waals surface area contributed by atoms with Gasteiger partial charge in [0.05, 0.1) is 12.7 Å². The Morgan fingerprint density at radius 2 is 2.00 bits per heavy atom. The minimum Gasteiger partial charge on any atom is -0.493 e. The molecule has 136 valence electrons. The molecule has 2 aromatic rings. The molecule has 1 unspecified atom stereocenters. The predicted molar refractivity (Wildman–Crippen MR) is 99.1 cm³/mol. The molecule has 0 aromatic heterocycles. The molecule has 1 atom stereocenters. The standard InChI is InChI=1S/C21H23NO4/c23-21(16-5-10-20-15(13-16)3-1-12-25-20)22-17-6-8-18(9-7-17)26-14-19-4-2-11-24-19/h5-10,13,19H,1-4,11-12,14H2,(H,22,23). The van der Waals surface area contributed by atoms with Crippen LogP contribution in [0.3, 0.4) is 0 Å². The van der Waals surface area contributed by atoms with Crippen LogP contribution < -0.4 is 14.8 Å². The number of carbonyl (C=O) groups is 1. The van der Waals surface area contributed by atoms with E-state index in [9.17, 15) is 4.79 Å². The molecule has 1 fully saturated rings. The zero-order chi connectivity index (χ0) is 17.8. The average molecular weight is 353 g/mol. The topological polar surface area (TPSA) is 56.8 Å². The number of carbonyl (C=O) groups excluding carboxylic acids is 1. The van der Waals surface area contributed by atoms with Gasteiger partial charge in [-0.15, -0.1) is 0 Å². The van der Waals surface area contributed by atoms with Gasteiger partial charge in [-0.3, -0.25) is 4.79 Å². The highest BCUT2D eigenvalue weighted by Crippen LogP contribution is 2.26. The fourth-order valence-electron chi connectivity index (χ4n) is 3.30. The molecule has 0 radical (unpaired) electrons. The first kappa shape index (κ1) is 16.9. The predicted octanol–water partition coefficient (Wildman–Crippen LogP) is 3.82. The summed E-state index contributed by atoms with van der Waals surface area (Å²) in [7, 11) is 0.